The Morgan fingerprint density at radius 1 is 1.45 bits per heavy atom. The molecule has 0 spiro atoms. The van der Waals surface area contributed by atoms with Crippen molar-refractivity contribution in [2.24, 2.45) is 5.92 Å². The van der Waals surface area contributed by atoms with E-state index in [4.69, 9.17) is 9.84 Å². The van der Waals surface area contributed by atoms with Gasteiger partial charge >= 0.3 is 5.97 Å². The van der Waals surface area contributed by atoms with Gasteiger partial charge in [0.25, 0.3) is 5.91 Å². The molecule has 0 saturated carbocycles. The van der Waals surface area contributed by atoms with Gasteiger partial charge in [-0.2, -0.15) is 5.10 Å². The second kappa shape index (κ2) is 9.19. The van der Waals surface area contributed by atoms with Gasteiger partial charge in [0.15, 0.2) is 0 Å². The van der Waals surface area contributed by atoms with Crippen LogP contribution in [0.15, 0.2) is 12.4 Å². The summed E-state index contributed by atoms with van der Waals surface area (Å²) in [5.74, 6) is -1.71. The molecule has 1 aromatic heterocycles. The van der Waals surface area contributed by atoms with Crippen molar-refractivity contribution >= 4 is 11.9 Å². The minimum atomic E-state index is -0.910. The summed E-state index contributed by atoms with van der Waals surface area (Å²) in [6.07, 6.45) is 3.88. The number of hydrogen-bond acceptors (Lipinski definition) is 4. The van der Waals surface area contributed by atoms with E-state index in [9.17, 15) is 9.59 Å². The molecule has 7 nitrogen and oxygen atoms in total. The van der Waals surface area contributed by atoms with Gasteiger partial charge in [0.1, 0.15) is 0 Å². The molecule has 0 radical (unpaired) electrons. The molecule has 0 aliphatic carbocycles. The predicted molar refractivity (Wildman–Crippen MR) is 81.7 cm³/mol. The summed E-state index contributed by atoms with van der Waals surface area (Å²) in [6, 6.07) is 0. The SMILES string of the molecule is CCOCCCN(CC(C)C(=O)O)C(=O)c1cnn(CC)c1. The molecule has 1 rings (SSSR count). The van der Waals surface area contributed by atoms with Crippen molar-refractivity contribution in [2.45, 2.75) is 33.7 Å². The highest BCUT2D eigenvalue weighted by molar-refractivity contribution is 5.94. The number of carboxylic acids is 1. The normalized spacial score (nSPS) is 12.1. The Hall–Kier alpha value is -1.89. The Labute approximate surface area is 130 Å². The van der Waals surface area contributed by atoms with E-state index in [-0.39, 0.29) is 12.5 Å². The molecule has 0 saturated heterocycles. The first-order valence-electron chi connectivity index (χ1n) is 7.61. The van der Waals surface area contributed by atoms with Crippen molar-refractivity contribution in [3.05, 3.63) is 18.0 Å². The maximum Gasteiger partial charge on any atom is 0.308 e. The Morgan fingerprint density at radius 3 is 2.73 bits per heavy atom. The number of hydrogen-bond donors (Lipinski definition) is 1. The minimum Gasteiger partial charge on any atom is -0.481 e. The van der Waals surface area contributed by atoms with Crippen LogP contribution < -0.4 is 0 Å². The van der Waals surface area contributed by atoms with Gasteiger partial charge in [0.05, 0.1) is 17.7 Å². The van der Waals surface area contributed by atoms with Crippen LogP contribution in [0.5, 0.6) is 0 Å². The van der Waals surface area contributed by atoms with E-state index in [2.05, 4.69) is 5.10 Å². The standard InChI is InChI=1S/C15H25N3O4/c1-4-18-11-13(9-16-18)14(19)17(7-6-8-22-5-2)10-12(3)15(20)21/h9,11-12H,4-8,10H2,1-3H3,(H,20,21). The zero-order valence-corrected chi connectivity index (χ0v) is 13.5. The summed E-state index contributed by atoms with van der Waals surface area (Å²) in [4.78, 5) is 25.1. The van der Waals surface area contributed by atoms with Crippen molar-refractivity contribution in [3.63, 3.8) is 0 Å². The molecule has 124 valence electrons. The lowest BCUT2D eigenvalue weighted by Gasteiger charge is -2.24. The van der Waals surface area contributed by atoms with Crippen LogP contribution in [0.25, 0.3) is 0 Å². The maximum absolute atomic E-state index is 12.5. The van der Waals surface area contributed by atoms with Crippen molar-refractivity contribution < 1.29 is 19.4 Å². The average molecular weight is 311 g/mol. The number of nitrogens with zero attached hydrogens (tertiary/aromatic N) is 3. The first-order valence-corrected chi connectivity index (χ1v) is 7.61. The largest absolute Gasteiger partial charge is 0.481 e. The highest BCUT2D eigenvalue weighted by Gasteiger charge is 2.22. The highest BCUT2D eigenvalue weighted by atomic mass is 16.5. The van der Waals surface area contributed by atoms with Crippen LogP contribution in [0, 0.1) is 5.92 Å². The Bertz CT molecular complexity index is 487. The van der Waals surface area contributed by atoms with E-state index in [1.165, 1.54) is 6.20 Å². The van der Waals surface area contributed by atoms with Crippen LogP contribution in [0.2, 0.25) is 0 Å². The molecule has 0 fully saturated rings. The molecule has 22 heavy (non-hydrogen) atoms. The van der Waals surface area contributed by atoms with Crippen LogP contribution in [0.4, 0.5) is 0 Å². The van der Waals surface area contributed by atoms with Gasteiger partial charge in [0, 0.05) is 39.0 Å². The summed E-state index contributed by atoms with van der Waals surface area (Å²) in [5.41, 5.74) is 0.482. The quantitative estimate of drug-likeness (QED) is 0.662. The summed E-state index contributed by atoms with van der Waals surface area (Å²) in [6.45, 7) is 7.95. The van der Waals surface area contributed by atoms with Crippen molar-refractivity contribution in [1.29, 1.82) is 0 Å². The van der Waals surface area contributed by atoms with Crippen molar-refractivity contribution in [1.82, 2.24) is 14.7 Å². The maximum atomic E-state index is 12.5. The number of carbonyl (C=O) groups excluding carboxylic acids is 1. The van der Waals surface area contributed by atoms with Crippen LogP contribution in [0.3, 0.4) is 0 Å². The number of carboxylic acid groups (broad SMARTS) is 1. The van der Waals surface area contributed by atoms with Crippen molar-refractivity contribution in [2.75, 3.05) is 26.3 Å². The first-order chi connectivity index (χ1) is 10.5. The second-order valence-electron chi connectivity index (χ2n) is 5.13. The number of aryl methyl sites for hydroxylation is 1. The summed E-state index contributed by atoms with van der Waals surface area (Å²) in [5, 5.41) is 13.1. The van der Waals surface area contributed by atoms with E-state index < -0.39 is 11.9 Å². The topological polar surface area (TPSA) is 84.7 Å². The average Bonchev–Trinajstić information content (AvgIpc) is 2.98. The van der Waals surface area contributed by atoms with Gasteiger partial charge in [-0.3, -0.25) is 14.3 Å². The van der Waals surface area contributed by atoms with Gasteiger partial charge in [-0.05, 0) is 20.3 Å². The molecule has 1 aromatic rings. The molecule has 1 amide bonds. The molecule has 0 aliphatic heterocycles. The van der Waals surface area contributed by atoms with Crippen LogP contribution in [0.1, 0.15) is 37.6 Å². The van der Waals surface area contributed by atoms with Gasteiger partial charge < -0.3 is 14.7 Å². The molecule has 0 bridgehead atoms. The summed E-state index contributed by atoms with van der Waals surface area (Å²) < 4.78 is 6.95. The molecule has 1 unspecified atom stereocenters. The molecule has 0 aromatic carbocycles. The van der Waals surface area contributed by atoms with Gasteiger partial charge in [0.2, 0.25) is 0 Å². The fourth-order valence-corrected chi connectivity index (χ4v) is 2.02. The van der Waals surface area contributed by atoms with E-state index in [1.807, 2.05) is 13.8 Å². The predicted octanol–water partition coefficient (Wildman–Crippen LogP) is 1.49. The Morgan fingerprint density at radius 2 is 2.18 bits per heavy atom. The Kier molecular flexibility index (Phi) is 7.59. The van der Waals surface area contributed by atoms with Crippen LogP contribution in [-0.2, 0) is 16.1 Å². The number of aromatic nitrogens is 2. The lowest BCUT2D eigenvalue weighted by Crippen LogP contribution is -2.38. The third-order valence-electron chi connectivity index (χ3n) is 3.33. The number of ether oxygens (including phenoxy) is 1. The van der Waals surface area contributed by atoms with Gasteiger partial charge in [-0.25, -0.2) is 0 Å². The molecule has 1 N–H and O–H groups in total. The molecular weight excluding hydrogens is 286 g/mol. The fraction of sp³-hybridized carbons (Fsp3) is 0.667. The smallest absolute Gasteiger partial charge is 0.308 e. The number of rotatable bonds is 10. The van der Waals surface area contributed by atoms with Gasteiger partial charge in [-0.15, -0.1) is 0 Å². The van der Waals surface area contributed by atoms with E-state index in [0.29, 0.717) is 38.3 Å². The number of amides is 1. The van der Waals surface area contributed by atoms with Crippen LogP contribution in [-0.4, -0.2) is 58.0 Å². The van der Waals surface area contributed by atoms with Gasteiger partial charge in [-0.1, -0.05) is 6.92 Å². The molecule has 1 heterocycles. The molecular formula is C15H25N3O4. The zero-order valence-electron chi connectivity index (χ0n) is 13.5. The molecule has 7 heteroatoms. The first kappa shape index (κ1) is 18.2. The number of aliphatic carboxylic acids is 1. The summed E-state index contributed by atoms with van der Waals surface area (Å²) in [7, 11) is 0. The Balaban J connectivity index is 2.73. The third-order valence-corrected chi connectivity index (χ3v) is 3.33. The zero-order chi connectivity index (χ0) is 16.5. The lowest BCUT2D eigenvalue weighted by molar-refractivity contribution is -0.141. The fourth-order valence-electron chi connectivity index (χ4n) is 2.02. The highest BCUT2D eigenvalue weighted by Crippen LogP contribution is 2.09. The monoisotopic (exact) mass is 311 g/mol. The summed E-state index contributed by atoms with van der Waals surface area (Å²) >= 11 is 0. The van der Waals surface area contributed by atoms with E-state index >= 15 is 0 Å². The third kappa shape index (κ3) is 5.48. The molecule has 1 atom stereocenters. The van der Waals surface area contributed by atoms with Crippen molar-refractivity contribution in [3.8, 4) is 0 Å². The molecule has 0 aliphatic rings. The van der Waals surface area contributed by atoms with Crippen LogP contribution >= 0.6 is 0 Å². The van der Waals surface area contributed by atoms with E-state index in [0.717, 1.165) is 0 Å². The lowest BCUT2D eigenvalue weighted by atomic mass is 10.1. The van der Waals surface area contributed by atoms with E-state index in [1.54, 1.807) is 22.7 Å². The number of carbonyl (C=O) groups is 2. The second-order valence-corrected chi connectivity index (χ2v) is 5.13. The minimum absolute atomic E-state index is 0.178.